The van der Waals surface area contributed by atoms with Crippen LogP contribution >= 0.6 is 11.6 Å². The summed E-state index contributed by atoms with van der Waals surface area (Å²) >= 11 is 5.96. The van der Waals surface area contributed by atoms with Gasteiger partial charge in [0.2, 0.25) is 0 Å². The van der Waals surface area contributed by atoms with E-state index >= 15 is 0 Å². The molecule has 3 aromatic rings. The number of halogens is 2. The first kappa shape index (κ1) is 17.5. The van der Waals surface area contributed by atoms with E-state index < -0.39 is 27.7 Å². The second kappa shape index (κ2) is 5.80. The van der Waals surface area contributed by atoms with E-state index in [1.54, 1.807) is 11.6 Å². The van der Waals surface area contributed by atoms with Crippen molar-refractivity contribution in [2.45, 2.75) is 4.90 Å². The molecule has 2 heterocycles. The summed E-state index contributed by atoms with van der Waals surface area (Å²) < 4.78 is 40.6. The summed E-state index contributed by atoms with van der Waals surface area (Å²) in [6.45, 7) is 0. The van der Waals surface area contributed by atoms with Crippen LogP contribution in [0.4, 0.5) is 10.1 Å². The summed E-state index contributed by atoms with van der Waals surface area (Å²) in [7, 11) is -2.22. The largest absolute Gasteiger partial charge is 0.340 e. The molecule has 0 fully saturated rings. The predicted molar refractivity (Wildman–Crippen MR) is 96.9 cm³/mol. The molecule has 10 heteroatoms. The Labute approximate surface area is 157 Å². The topological polar surface area (TPSA) is 97.3 Å². The number of anilines is 1. The zero-order valence-electron chi connectivity index (χ0n) is 13.7. The van der Waals surface area contributed by atoms with Crippen LogP contribution in [0.15, 0.2) is 41.3 Å². The molecule has 0 unspecified atom stereocenters. The van der Waals surface area contributed by atoms with E-state index in [0.717, 1.165) is 0 Å². The van der Waals surface area contributed by atoms with Crippen molar-refractivity contribution in [3.8, 4) is 0 Å². The SMILES string of the molecule is Cn1c(C(=O)Nc2ccc3c(c2)C(=O)NS3(=O)=O)cc2c(Cl)c(F)ccc21. The van der Waals surface area contributed by atoms with Crippen LogP contribution in [-0.4, -0.2) is 24.8 Å². The number of amides is 2. The van der Waals surface area contributed by atoms with Crippen molar-refractivity contribution in [1.82, 2.24) is 9.29 Å². The highest BCUT2D eigenvalue weighted by Gasteiger charge is 2.32. The van der Waals surface area contributed by atoms with Crippen molar-refractivity contribution >= 4 is 50.0 Å². The molecule has 7 nitrogen and oxygen atoms in total. The molecule has 2 N–H and O–H groups in total. The smallest absolute Gasteiger partial charge is 0.272 e. The van der Waals surface area contributed by atoms with Gasteiger partial charge >= 0.3 is 0 Å². The Morgan fingerprint density at radius 2 is 1.96 bits per heavy atom. The number of aryl methyl sites for hydroxylation is 1. The lowest BCUT2D eigenvalue weighted by Crippen LogP contribution is -2.20. The van der Waals surface area contributed by atoms with Gasteiger partial charge in [-0.05, 0) is 36.4 Å². The molecule has 1 aliphatic rings. The van der Waals surface area contributed by atoms with Gasteiger partial charge in [-0.1, -0.05) is 11.6 Å². The average molecular weight is 408 g/mol. The molecule has 2 amide bonds. The molecule has 138 valence electrons. The van der Waals surface area contributed by atoms with Crippen LogP contribution in [0.25, 0.3) is 10.9 Å². The Morgan fingerprint density at radius 1 is 1.22 bits per heavy atom. The number of nitrogens with zero attached hydrogens (tertiary/aromatic N) is 1. The molecule has 0 radical (unpaired) electrons. The maximum absolute atomic E-state index is 13.6. The van der Waals surface area contributed by atoms with Gasteiger partial charge in [0, 0.05) is 18.1 Å². The van der Waals surface area contributed by atoms with Crippen LogP contribution in [0, 0.1) is 5.82 Å². The van der Waals surface area contributed by atoms with E-state index in [1.807, 2.05) is 4.72 Å². The summed E-state index contributed by atoms with van der Waals surface area (Å²) in [5.74, 6) is -1.87. The standard InChI is InChI=1S/C17H11ClFN3O4S/c1-22-12-4-3-11(19)15(18)9(12)7-13(22)17(24)20-8-2-5-14-10(6-8)16(23)21-27(14,25)26/h2-7H,1H3,(H,20,24)(H,21,23). The van der Waals surface area contributed by atoms with Gasteiger partial charge in [0.15, 0.2) is 0 Å². The number of aromatic nitrogens is 1. The highest BCUT2D eigenvalue weighted by atomic mass is 35.5. The molecule has 0 saturated carbocycles. The second-order valence-corrected chi connectivity index (χ2v) is 8.01. The van der Waals surface area contributed by atoms with Gasteiger partial charge in [-0.25, -0.2) is 17.5 Å². The number of carbonyl (C=O) groups excluding carboxylic acids is 2. The lowest BCUT2D eigenvalue weighted by molar-refractivity contribution is 0.0982. The summed E-state index contributed by atoms with van der Waals surface area (Å²) in [6, 6.07) is 8.09. The monoisotopic (exact) mass is 407 g/mol. The average Bonchev–Trinajstić information content (AvgIpc) is 3.06. The third-order valence-corrected chi connectivity index (χ3v) is 6.12. The van der Waals surface area contributed by atoms with E-state index in [0.29, 0.717) is 10.9 Å². The number of rotatable bonds is 2. The van der Waals surface area contributed by atoms with Crippen LogP contribution < -0.4 is 10.0 Å². The molecule has 0 atom stereocenters. The molecule has 0 saturated heterocycles. The van der Waals surface area contributed by atoms with Gasteiger partial charge in [-0.15, -0.1) is 0 Å². The zero-order chi connectivity index (χ0) is 19.5. The molecule has 0 bridgehead atoms. The number of hydrogen-bond donors (Lipinski definition) is 2. The maximum atomic E-state index is 13.6. The molecular formula is C17H11ClFN3O4S. The van der Waals surface area contributed by atoms with Gasteiger partial charge in [0.1, 0.15) is 16.4 Å². The fourth-order valence-corrected chi connectivity index (χ4v) is 4.38. The van der Waals surface area contributed by atoms with E-state index in [-0.39, 0.29) is 26.9 Å². The van der Waals surface area contributed by atoms with Gasteiger partial charge in [-0.2, -0.15) is 0 Å². The van der Waals surface area contributed by atoms with Crippen molar-refractivity contribution in [1.29, 1.82) is 0 Å². The number of sulfonamides is 1. The molecule has 2 aromatic carbocycles. The lowest BCUT2D eigenvalue weighted by Gasteiger charge is -2.07. The Morgan fingerprint density at radius 3 is 2.70 bits per heavy atom. The van der Waals surface area contributed by atoms with Crippen LogP contribution in [0.2, 0.25) is 5.02 Å². The number of fused-ring (bicyclic) bond motifs is 2. The first-order valence-corrected chi connectivity index (χ1v) is 9.51. The second-order valence-electron chi connectivity index (χ2n) is 5.98. The normalized spacial score (nSPS) is 14.9. The molecule has 0 spiro atoms. The minimum absolute atomic E-state index is 0.0463. The van der Waals surface area contributed by atoms with E-state index in [4.69, 9.17) is 11.6 Å². The summed E-state index contributed by atoms with van der Waals surface area (Å²) in [5.41, 5.74) is 0.990. The molecular weight excluding hydrogens is 397 g/mol. The summed E-state index contributed by atoms with van der Waals surface area (Å²) in [4.78, 5) is 24.3. The highest BCUT2D eigenvalue weighted by molar-refractivity contribution is 7.90. The molecule has 27 heavy (non-hydrogen) atoms. The van der Waals surface area contributed by atoms with Crippen molar-refractivity contribution in [3.05, 3.63) is 58.5 Å². The molecule has 1 aromatic heterocycles. The maximum Gasteiger partial charge on any atom is 0.272 e. The van der Waals surface area contributed by atoms with Crippen LogP contribution in [0.5, 0.6) is 0 Å². The van der Waals surface area contributed by atoms with Gasteiger partial charge < -0.3 is 9.88 Å². The van der Waals surface area contributed by atoms with Crippen LogP contribution in [-0.2, 0) is 17.1 Å². The van der Waals surface area contributed by atoms with Crippen LogP contribution in [0.3, 0.4) is 0 Å². The van der Waals surface area contributed by atoms with Gasteiger partial charge in [-0.3, -0.25) is 9.59 Å². The van der Waals surface area contributed by atoms with Crippen molar-refractivity contribution < 1.29 is 22.4 Å². The number of hydrogen-bond acceptors (Lipinski definition) is 4. The van der Waals surface area contributed by atoms with E-state index in [1.165, 1.54) is 36.4 Å². The van der Waals surface area contributed by atoms with E-state index in [2.05, 4.69) is 5.32 Å². The van der Waals surface area contributed by atoms with E-state index in [9.17, 15) is 22.4 Å². The fourth-order valence-electron chi connectivity index (χ4n) is 3.01. The quantitative estimate of drug-likeness (QED) is 0.682. The fraction of sp³-hybridized carbons (Fsp3) is 0.0588. The van der Waals surface area contributed by atoms with Crippen molar-refractivity contribution in [2.24, 2.45) is 7.05 Å². The van der Waals surface area contributed by atoms with Gasteiger partial charge in [0.25, 0.3) is 21.8 Å². The first-order chi connectivity index (χ1) is 12.7. The number of benzene rings is 2. The van der Waals surface area contributed by atoms with Crippen molar-refractivity contribution in [3.63, 3.8) is 0 Å². The Hall–Kier alpha value is -2.91. The Bertz CT molecular complexity index is 1270. The molecule has 1 aliphatic heterocycles. The van der Waals surface area contributed by atoms with Crippen LogP contribution in [0.1, 0.15) is 20.8 Å². The minimum Gasteiger partial charge on any atom is -0.340 e. The summed E-state index contributed by atoms with van der Waals surface area (Å²) in [6.07, 6.45) is 0. The third-order valence-electron chi connectivity index (χ3n) is 4.34. The molecule has 4 rings (SSSR count). The number of carbonyl (C=O) groups is 2. The summed E-state index contributed by atoms with van der Waals surface area (Å²) in [5, 5.41) is 2.91. The highest BCUT2D eigenvalue weighted by Crippen LogP contribution is 2.30. The first-order valence-electron chi connectivity index (χ1n) is 7.65. The minimum atomic E-state index is -3.85. The third kappa shape index (κ3) is 2.66. The number of nitrogens with one attached hydrogen (secondary N) is 2. The Balaban J connectivity index is 1.71. The predicted octanol–water partition coefficient (Wildman–Crippen LogP) is 2.66. The zero-order valence-corrected chi connectivity index (χ0v) is 15.3. The Kier molecular flexibility index (Phi) is 3.76. The molecule has 0 aliphatic carbocycles. The van der Waals surface area contributed by atoms with Gasteiger partial charge in [0.05, 0.1) is 16.1 Å². The lowest BCUT2D eigenvalue weighted by atomic mass is 10.2. The van der Waals surface area contributed by atoms with Crippen molar-refractivity contribution in [2.75, 3.05) is 5.32 Å².